The van der Waals surface area contributed by atoms with Crippen LogP contribution in [0.3, 0.4) is 0 Å². The smallest absolute Gasteiger partial charge is 0.0587 e. The second kappa shape index (κ2) is 1.74. The molecule has 1 heterocycles. The second-order valence-electron chi connectivity index (χ2n) is 4.15. The van der Waals surface area contributed by atoms with Crippen molar-refractivity contribution in [3.05, 3.63) is 0 Å². The summed E-state index contributed by atoms with van der Waals surface area (Å²) in [5.41, 5.74) is 0.513. The Labute approximate surface area is 61.6 Å². The van der Waals surface area contributed by atoms with Crippen LogP contribution in [0.1, 0.15) is 13.8 Å². The molecule has 2 aliphatic rings. The lowest BCUT2D eigenvalue weighted by Gasteiger charge is -2.15. The summed E-state index contributed by atoms with van der Waals surface area (Å²) in [6.07, 6.45) is 0. The van der Waals surface area contributed by atoms with Crippen molar-refractivity contribution in [2.45, 2.75) is 19.9 Å². The standard InChI is InChI=1S/C8H15NO/c1-8(2)5-3-9-6(4-10)7(5)8/h5-7,9-10H,3-4H2,1-2H3/t5?,6-,7?/m0/s1. The van der Waals surface area contributed by atoms with E-state index < -0.39 is 0 Å². The van der Waals surface area contributed by atoms with Gasteiger partial charge in [-0.1, -0.05) is 13.8 Å². The minimum Gasteiger partial charge on any atom is -0.395 e. The van der Waals surface area contributed by atoms with Crippen molar-refractivity contribution in [1.29, 1.82) is 0 Å². The zero-order valence-corrected chi connectivity index (χ0v) is 6.59. The van der Waals surface area contributed by atoms with E-state index in [4.69, 9.17) is 5.11 Å². The molecule has 0 bridgehead atoms. The van der Waals surface area contributed by atoms with Gasteiger partial charge in [0.1, 0.15) is 0 Å². The predicted molar refractivity (Wildman–Crippen MR) is 39.6 cm³/mol. The highest BCUT2D eigenvalue weighted by atomic mass is 16.3. The lowest BCUT2D eigenvalue weighted by atomic mass is 10.0. The Morgan fingerprint density at radius 2 is 2.30 bits per heavy atom. The third-order valence-electron chi connectivity index (χ3n) is 3.37. The fourth-order valence-electron chi connectivity index (χ4n) is 2.56. The Bertz CT molecular complexity index is 155. The molecule has 2 rings (SSSR count). The predicted octanol–water partition coefficient (Wildman–Crippen LogP) is 0.223. The minimum atomic E-state index is 0.310. The maximum Gasteiger partial charge on any atom is 0.0587 e. The second-order valence-corrected chi connectivity index (χ2v) is 4.15. The molecule has 58 valence electrons. The zero-order chi connectivity index (χ0) is 7.35. The van der Waals surface area contributed by atoms with Crippen molar-refractivity contribution in [2.24, 2.45) is 17.3 Å². The zero-order valence-electron chi connectivity index (χ0n) is 6.59. The number of hydrogen-bond donors (Lipinski definition) is 2. The normalized spacial score (nSPS) is 48.9. The van der Waals surface area contributed by atoms with Gasteiger partial charge >= 0.3 is 0 Å². The topological polar surface area (TPSA) is 32.3 Å². The highest BCUT2D eigenvalue weighted by Gasteiger charge is 2.63. The lowest BCUT2D eigenvalue weighted by molar-refractivity contribution is 0.226. The number of hydrogen-bond acceptors (Lipinski definition) is 2. The highest BCUT2D eigenvalue weighted by Crippen LogP contribution is 2.62. The summed E-state index contributed by atoms with van der Waals surface area (Å²) in [5, 5.41) is 12.2. The van der Waals surface area contributed by atoms with Crippen LogP contribution in [0.5, 0.6) is 0 Å². The van der Waals surface area contributed by atoms with Crippen LogP contribution in [0.2, 0.25) is 0 Å². The number of nitrogens with one attached hydrogen (secondary N) is 1. The molecule has 10 heavy (non-hydrogen) atoms. The monoisotopic (exact) mass is 141 g/mol. The van der Waals surface area contributed by atoms with E-state index in [-0.39, 0.29) is 0 Å². The molecule has 1 saturated heterocycles. The van der Waals surface area contributed by atoms with Crippen LogP contribution < -0.4 is 5.32 Å². The molecule has 1 aliphatic heterocycles. The fraction of sp³-hybridized carbons (Fsp3) is 1.00. The number of aliphatic hydroxyl groups is 1. The minimum absolute atomic E-state index is 0.310. The van der Waals surface area contributed by atoms with Gasteiger partial charge in [-0.25, -0.2) is 0 Å². The quantitative estimate of drug-likeness (QED) is 0.547. The molecular formula is C8H15NO. The van der Waals surface area contributed by atoms with E-state index in [2.05, 4.69) is 19.2 Å². The molecule has 2 heteroatoms. The Kier molecular flexibility index (Phi) is 1.15. The molecule has 0 radical (unpaired) electrons. The Morgan fingerprint density at radius 3 is 2.60 bits per heavy atom. The van der Waals surface area contributed by atoms with Gasteiger partial charge in [0.05, 0.1) is 6.61 Å². The molecule has 2 fully saturated rings. The van der Waals surface area contributed by atoms with Crippen LogP contribution in [0.25, 0.3) is 0 Å². The first-order chi connectivity index (χ1) is 4.68. The van der Waals surface area contributed by atoms with Gasteiger partial charge in [-0.3, -0.25) is 0 Å². The van der Waals surface area contributed by atoms with Crippen molar-refractivity contribution in [3.8, 4) is 0 Å². The molecule has 2 N–H and O–H groups in total. The van der Waals surface area contributed by atoms with Gasteiger partial charge in [-0.05, 0) is 23.8 Å². The Hall–Kier alpha value is -0.0800. The Morgan fingerprint density at radius 1 is 1.60 bits per heavy atom. The lowest BCUT2D eigenvalue weighted by Crippen LogP contribution is -2.33. The molecule has 1 saturated carbocycles. The van der Waals surface area contributed by atoms with Crippen molar-refractivity contribution in [2.75, 3.05) is 13.2 Å². The molecule has 0 amide bonds. The summed E-state index contributed by atoms with van der Waals surface area (Å²) in [5.74, 6) is 1.59. The first-order valence-electron chi connectivity index (χ1n) is 4.02. The number of aliphatic hydroxyl groups excluding tert-OH is 1. The summed E-state index contributed by atoms with van der Waals surface area (Å²) < 4.78 is 0. The van der Waals surface area contributed by atoms with Crippen LogP contribution in [0.4, 0.5) is 0 Å². The van der Waals surface area contributed by atoms with E-state index in [0.29, 0.717) is 18.1 Å². The van der Waals surface area contributed by atoms with E-state index in [1.54, 1.807) is 0 Å². The van der Waals surface area contributed by atoms with E-state index >= 15 is 0 Å². The SMILES string of the molecule is CC1(C)C2CN[C@@H](CO)C21. The average Bonchev–Trinajstić information content (AvgIpc) is 2.28. The van der Waals surface area contributed by atoms with Crippen molar-refractivity contribution in [3.63, 3.8) is 0 Å². The van der Waals surface area contributed by atoms with Gasteiger partial charge < -0.3 is 10.4 Å². The molecule has 2 nitrogen and oxygen atoms in total. The third kappa shape index (κ3) is 0.611. The average molecular weight is 141 g/mol. The van der Waals surface area contributed by atoms with E-state index in [9.17, 15) is 0 Å². The van der Waals surface area contributed by atoms with Crippen molar-refractivity contribution >= 4 is 0 Å². The fourth-order valence-corrected chi connectivity index (χ4v) is 2.56. The maximum atomic E-state index is 8.93. The Balaban J connectivity index is 2.07. The molecule has 3 atom stereocenters. The van der Waals surface area contributed by atoms with Gasteiger partial charge in [0, 0.05) is 6.04 Å². The van der Waals surface area contributed by atoms with E-state index in [1.807, 2.05) is 0 Å². The summed E-state index contributed by atoms with van der Waals surface area (Å²) in [6.45, 7) is 6.02. The molecule has 0 spiro atoms. The summed E-state index contributed by atoms with van der Waals surface area (Å²) in [4.78, 5) is 0. The van der Waals surface area contributed by atoms with E-state index in [0.717, 1.165) is 18.4 Å². The highest BCUT2D eigenvalue weighted by molar-refractivity contribution is 5.14. The first kappa shape index (κ1) is 6.62. The molecular weight excluding hydrogens is 126 g/mol. The number of piperidine rings is 1. The summed E-state index contributed by atoms with van der Waals surface area (Å²) in [7, 11) is 0. The molecule has 0 aromatic carbocycles. The maximum absolute atomic E-state index is 8.93. The van der Waals surface area contributed by atoms with Crippen LogP contribution >= 0.6 is 0 Å². The summed E-state index contributed by atoms with van der Waals surface area (Å²) >= 11 is 0. The van der Waals surface area contributed by atoms with Gasteiger partial charge in [-0.2, -0.15) is 0 Å². The number of rotatable bonds is 1. The van der Waals surface area contributed by atoms with Crippen LogP contribution in [0, 0.1) is 17.3 Å². The first-order valence-corrected chi connectivity index (χ1v) is 4.02. The van der Waals surface area contributed by atoms with Crippen LogP contribution in [-0.2, 0) is 0 Å². The van der Waals surface area contributed by atoms with Crippen molar-refractivity contribution < 1.29 is 5.11 Å². The number of fused-ring (bicyclic) bond motifs is 1. The largest absolute Gasteiger partial charge is 0.395 e. The third-order valence-corrected chi connectivity index (χ3v) is 3.37. The van der Waals surface area contributed by atoms with Gasteiger partial charge in [0.25, 0.3) is 0 Å². The van der Waals surface area contributed by atoms with Crippen molar-refractivity contribution in [1.82, 2.24) is 5.32 Å². The van der Waals surface area contributed by atoms with Gasteiger partial charge in [-0.15, -0.1) is 0 Å². The summed E-state index contributed by atoms with van der Waals surface area (Å²) in [6, 6.07) is 0.389. The van der Waals surface area contributed by atoms with Crippen LogP contribution in [-0.4, -0.2) is 24.3 Å². The molecule has 2 unspecified atom stereocenters. The van der Waals surface area contributed by atoms with Gasteiger partial charge in [0.15, 0.2) is 0 Å². The molecule has 0 aromatic rings. The van der Waals surface area contributed by atoms with E-state index in [1.165, 1.54) is 0 Å². The van der Waals surface area contributed by atoms with Crippen LogP contribution in [0.15, 0.2) is 0 Å². The van der Waals surface area contributed by atoms with Gasteiger partial charge in [0.2, 0.25) is 0 Å². The molecule has 1 aliphatic carbocycles. The molecule has 0 aromatic heterocycles.